The normalized spacial score (nSPS) is 11.3. The van der Waals surface area contributed by atoms with Gasteiger partial charge in [-0.15, -0.1) is 5.10 Å². The topological polar surface area (TPSA) is 90.4 Å². The van der Waals surface area contributed by atoms with Gasteiger partial charge in [0.15, 0.2) is 0 Å². The van der Waals surface area contributed by atoms with E-state index in [1.54, 1.807) is 24.3 Å². The van der Waals surface area contributed by atoms with Crippen LogP contribution in [0, 0.1) is 17.5 Å². The highest BCUT2D eigenvalue weighted by atomic mass is 19.1. The number of para-hydroxylation sites is 1. The highest BCUT2D eigenvalue weighted by molar-refractivity contribution is 5.90. The summed E-state index contributed by atoms with van der Waals surface area (Å²) >= 11 is 0. The number of aromatic nitrogens is 4. The molecule has 0 saturated carbocycles. The number of halogens is 3. The number of carbonyl (C=O) groups is 1. The number of rotatable bonds is 5. The SMILES string of the molecule is O=C(Cn1nc2n(Cc3ccc(F)cc3)c(=O)c3ccccc3n2c1=O)Nc1cc(F)ccc1F. The average molecular weight is 479 g/mol. The monoisotopic (exact) mass is 479 g/mol. The van der Waals surface area contributed by atoms with Crippen molar-refractivity contribution in [2.45, 2.75) is 13.1 Å². The van der Waals surface area contributed by atoms with Crippen molar-refractivity contribution in [2.24, 2.45) is 0 Å². The standard InChI is InChI=1S/C24H16F3N5O3/c25-15-7-5-14(6-8-15)12-30-22(34)17-3-1-2-4-20(17)32-23(30)29-31(24(32)35)13-21(33)28-19-11-16(26)9-10-18(19)27/h1-11H,12-13H2,(H,28,33). The smallest absolute Gasteiger partial charge is 0.322 e. The average Bonchev–Trinajstić information content (AvgIpc) is 3.16. The number of benzene rings is 3. The largest absolute Gasteiger partial charge is 0.352 e. The van der Waals surface area contributed by atoms with E-state index in [9.17, 15) is 27.6 Å². The number of fused-ring (bicyclic) bond motifs is 3. The van der Waals surface area contributed by atoms with Crippen molar-refractivity contribution in [3.63, 3.8) is 0 Å². The van der Waals surface area contributed by atoms with Gasteiger partial charge < -0.3 is 5.32 Å². The molecule has 5 aromatic rings. The second kappa shape index (κ2) is 8.60. The predicted molar refractivity (Wildman–Crippen MR) is 122 cm³/mol. The van der Waals surface area contributed by atoms with Gasteiger partial charge in [-0.2, -0.15) is 0 Å². The van der Waals surface area contributed by atoms with E-state index in [2.05, 4.69) is 10.4 Å². The Labute approximate surface area is 194 Å². The van der Waals surface area contributed by atoms with E-state index < -0.39 is 41.2 Å². The molecule has 0 aliphatic carbocycles. The molecule has 176 valence electrons. The molecule has 0 spiro atoms. The van der Waals surface area contributed by atoms with E-state index in [0.717, 1.165) is 22.9 Å². The Morgan fingerprint density at radius 1 is 0.914 bits per heavy atom. The van der Waals surface area contributed by atoms with E-state index in [1.165, 1.54) is 33.2 Å². The van der Waals surface area contributed by atoms with Gasteiger partial charge >= 0.3 is 5.69 Å². The number of nitrogens with one attached hydrogen (secondary N) is 1. The van der Waals surface area contributed by atoms with Crippen LogP contribution in [-0.4, -0.2) is 24.7 Å². The highest BCUT2D eigenvalue weighted by Gasteiger charge is 2.19. The molecule has 2 heterocycles. The molecular formula is C24H16F3N5O3. The maximum Gasteiger partial charge on any atom is 0.352 e. The van der Waals surface area contributed by atoms with Crippen LogP contribution in [0.4, 0.5) is 18.9 Å². The molecule has 11 heteroatoms. The van der Waals surface area contributed by atoms with Crippen molar-refractivity contribution in [1.29, 1.82) is 0 Å². The van der Waals surface area contributed by atoms with Gasteiger partial charge in [0.05, 0.1) is 23.1 Å². The van der Waals surface area contributed by atoms with Crippen molar-refractivity contribution >= 4 is 28.3 Å². The van der Waals surface area contributed by atoms with Crippen molar-refractivity contribution in [1.82, 2.24) is 18.7 Å². The van der Waals surface area contributed by atoms with Crippen LogP contribution in [0.2, 0.25) is 0 Å². The Bertz CT molecular complexity index is 1720. The van der Waals surface area contributed by atoms with Gasteiger partial charge in [-0.05, 0) is 42.0 Å². The van der Waals surface area contributed by atoms with Crippen molar-refractivity contribution in [2.75, 3.05) is 5.32 Å². The zero-order chi connectivity index (χ0) is 24.7. The fourth-order valence-corrected chi connectivity index (χ4v) is 3.80. The highest BCUT2D eigenvalue weighted by Crippen LogP contribution is 2.16. The lowest BCUT2D eigenvalue weighted by molar-refractivity contribution is -0.117. The van der Waals surface area contributed by atoms with Crippen LogP contribution in [0.5, 0.6) is 0 Å². The van der Waals surface area contributed by atoms with Crippen LogP contribution >= 0.6 is 0 Å². The summed E-state index contributed by atoms with van der Waals surface area (Å²) in [6.07, 6.45) is 0. The van der Waals surface area contributed by atoms with Gasteiger partial charge in [-0.25, -0.2) is 27.0 Å². The third kappa shape index (κ3) is 4.07. The molecule has 35 heavy (non-hydrogen) atoms. The van der Waals surface area contributed by atoms with E-state index in [-0.39, 0.29) is 28.9 Å². The first kappa shape index (κ1) is 22.1. The van der Waals surface area contributed by atoms with E-state index in [1.807, 2.05) is 0 Å². The first-order chi connectivity index (χ1) is 16.8. The molecule has 2 aromatic heterocycles. The van der Waals surface area contributed by atoms with Crippen LogP contribution in [0.3, 0.4) is 0 Å². The molecule has 8 nitrogen and oxygen atoms in total. The fraction of sp³-hybridized carbons (Fsp3) is 0.0833. The molecule has 0 fully saturated rings. The molecule has 0 radical (unpaired) electrons. The Morgan fingerprint density at radius 2 is 1.63 bits per heavy atom. The van der Waals surface area contributed by atoms with Crippen LogP contribution in [0.15, 0.2) is 76.3 Å². The summed E-state index contributed by atoms with van der Waals surface area (Å²) in [7, 11) is 0. The summed E-state index contributed by atoms with van der Waals surface area (Å²) in [4.78, 5) is 38.9. The zero-order valence-electron chi connectivity index (χ0n) is 17.9. The van der Waals surface area contributed by atoms with Gasteiger partial charge in [0.2, 0.25) is 11.7 Å². The van der Waals surface area contributed by atoms with Crippen molar-refractivity contribution < 1.29 is 18.0 Å². The van der Waals surface area contributed by atoms with Gasteiger partial charge in [0.25, 0.3) is 5.56 Å². The maximum absolute atomic E-state index is 13.9. The molecular weight excluding hydrogens is 463 g/mol. The first-order valence-corrected chi connectivity index (χ1v) is 10.4. The third-order valence-corrected chi connectivity index (χ3v) is 5.43. The molecule has 0 unspecified atom stereocenters. The van der Waals surface area contributed by atoms with Gasteiger partial charge in [-0.1, -0.05) is 24.3 Å². The number of anilines is 1. The molecule has 0 saturated heterocycles. The summed E-state index contributed by atoms with van der Waals surface area (Å²) < 4.78 is 43.9. The van der Waals surface area contributed by atoms with Gasteiger partial charge in [0, 0.05) is 6.07 Å². The maximum atomic E-state index is 13.9. The predicted octanol–water partition coefficient (Wildman–Crippen LogP) is 2.92. The molecule has 5 rings (SSSR count). The Hall–Kier alpha value is -4.67. The summed E-state index contributed by atoms with van der Waals surface area (Å²) in [5.41, 5.74) is -0.645. The molecule has 0 bridgehead atoms. The number of carbonyl (C=O) groups excluding carboxylic acids is 1. The number of nitrogens with zero attached hydrogens (tertiary/aromatic N) is 4. The van der Waals surface area contributed by atoms with Crippen molar-refractivity contribution in [3.05, 3.63) is 111 Å². The Kier molecular flexibility index (Phi) is 5.44. The fourth-order valence-electron chi connectivity index (χ4n) is 3.80. The second-order valence-corrected chi connectivity index (χ2v) is 7.78. The minimum Gasteiger partial charge on any atom is -0.322 e. The van der Waals surface area contributed by atoms with E-state index in [0.29, 0.717) is 5.56 Å². The molecule has 0 aliphatic heterocycles. The minimum absolute atomic E-state index is 0.00932. The third-order valence-electron chi connectivity index (χ3n) is 5.43. The molecule has 1 amide bonds. The summed E-state index contributed by atoms with van der Waals surface area (Å²) in [6.45, 7) is -0.625. The van der Waals surface area contributed by atoms with Crippen molar-refractivity contribution in [3.8, 4) is 0 Å². The van der Waals surface area contributed by atoms with Crippen LogP contribution < -0.4 is 16.6 Å². The lowest BCUT2D eigenvalue weighted by Gasteiger charge is -2.09. The van der Waals surface area contributed by atoms with E-state index >= 15 is 0 Å². The Balaban J connectivity index is 1.60. The molecule has 0 atom stereocenters. The van der Waals surface area contributed by atoms with E-state index in [4.69, 9.17) is 0 Å². The molecule has 3 aromatic carbocycles. The molecule has 1 N–H and O–H groups in total. The van der Waals surface area contributed by atoms with Crippen LogP contribution in [-0.2, 0) is 17.9 Å². The van der Waals surface area contributed by atoms with Crippen LogP contribution in [0.25, 0.3) is 16.7 Å². The lowest BCUT2D eigenvalue weighted by Crippen LogP contribution is -2.29. The van der Waals surface area contributed by atoms with Gasteiger partial charge in [-0.3, -0.25) is 14.2 Å². The van der Waals surface area contributed by atoms with Crippen LogP contribution in [0.1, 0.15) is 5.56 Å². The number of hydrogen-bond acceptors (Lipinski definition) is 4. The second-order valence-electron chi connectivity index (χ2n) is 7.78. The summed E-state index contributed by atoms with van der Waals surface area (Å²) in [5, 5.41) is 6.64. The Morgan fingerprint density at radius 3 is 2.40 bits per heavy atom. The first-order valence-electron chi connectivity index (χ1n) is 10.4. The summed E-state index contributed by atoms with van der Waals surface area (Å²) in [6, 6.07) is 14.5. The van der Waals surface area contributed by atoms with Gasteiger partial charge in [0.1, 0.15) is 24.0 Å². The minimum atomic E-state index is -0.846. The molecule has 0 aliphatic rings. The zero-order valence-corrected chi connectivity index (χ0v) is 17.9. The number of hydrogen-bond donors (Lipinski definition) is 1. The summed E-state index contributed by atoms with van der Waals surface area (Å²) in [5.74, 6) is -2.89. The number of amides is 1. The lowest BCUT2D eigenvalue weighted by atomic mass is 10.2. The quantitative estimate of drug-likeness (QED) is 0.420.